The molecule has 0 spiro atoms. The topological polar surface area (TPSA) is 59.4 Å². The number of aromatic nitrogens is 1. The lowest BCUT2D eigenvalue weighted by Gasteiger charge is -2.18. The highest BCUT2D eigenvalue weighted by molar-refractivity contribution is 7.89. The molecule has 2 rings (SSSR count). The molecule has 0 aliphatic carbocycles. The Morgan fingerprint density at radius 2 is 1.86 bits per heavy atom. The number of benzene rings is 1. The number of thiazole rings is 1. The van der Waals surface area contributed by atoms with Crippen LogP contribution >= 0.6 is 11.3 Å². The van der Waals surface area contributed by atoms with Crippen molar-refractivity contribution in [3.05, 3.63) is 27.9 Å². The fourth-order valence-corrected chi connectivity index (χ4v) is 4.87. The first-order valence-electron chi connectivity index (χ1n) is 7.09. The number of rotatable bonds is 6. The summed E-state index contributed by atoms with van der Waals surface area (Å²) in [4.78, 5) is 12.2. The molecule has 0 saturated carbocycles. The lowest BCUT2D eigenvalue weighted by Crippen LogP contribution is -2.30. The van der Waals surface area contributed by atoms with Crippen molar-refractivity contribution in [3.63, 3.8) is 0 Å². The van der Waals surface area contributed by atoms with Gasteiger partial charge in [0.05, 0.1) is 15.1 Å². The average molecular weight is 328 g/mol. The van der Waals surface area contributed by atoms with Gasteiger partial charge in [0.15, 0.2) is 0 Å². The van der Waals surface area contributed by atoms with E-state index in [1.165, 1.54) is 4.31 Å². The van der Waals surface area contributed by atoms with Crippen molar-refractivity contribution < 1.29 is 8.42 Å². The second-order valence-electron chi connectivity index (χ2n) is 4.74. The molecule has 1 aromatic carbocycles. The molecular formula is C14H20N2O3S2. The van der Waals surface area contributed by atoms with Gasteiger partial charge in [0.2, 0.25) is 10.0 Å². The van der Waals surface area contributed by atoms with E-state index in [1.807, 2.05) is 20.8 Å². The number of fused-ring (bicyclic) bond motifs is 1. The Bertz CT molecular complexity index is 786. The maximum Gasteiger partial charge on any atom is 0.308 e. The van der Waals surface area contributed by atoms with Gasteiger partial charge >= 0.3 is 4.87 Å². The summed E-state index contributed by atoms with van der Waals surface area (Å²) in [6, 6.07) is 4.94. The van der Waals surface area contributed by atoms with Gasteiger partial charge in [0.1, 0.15) is 0 Å². The molecular weight excluding hydrogens is 308 g/mol. The van der Waals surface area contributed by atoms with E-state index in [1.54, 1.807) is 22.8 Å². The van der Waals surface area contributed by atoms with Crippen LogP contribution in [0.15, 0.2) is 27.9 Å². The first kappa shape index (κ1) is 16.2. The maximum absolute atomic E-state index is 12.5. The van der Waals surface area contributed by atoms with E-state index in [2.05, 4.69) is 0 Å². The minimum Gasteiger partial charge on any atom is -0.299 e. The molecule has 1 heterocycles. The molecule has 7 heteroatoms. The van der Waals surface area contributed by atoms with Gasteiger partial charge in [-0.2, -0.15) is 4.31 Å². The molecule has 0 N–H and O–H groups in total. The van der Waals surface area contributed by atoms with E-state index in [0.717, 1.165) is 28.0 Å². The first-order valence-corrected chi connectivity index (χ1v) is 9.34. The third-order valence-electron chi connectivity index (χ3n) is 3.43. The summed E-state index contributed by atoms with van der Waals surface area (Å²) in [6.45, 7) is 7.16. The molecule has 0 amide bonds. The Morgan fingerprint density at radius 1 is 1.19 bits per heavy atom. The van der Waals surface area contributed by atoms with E-state index < -0.39 is 10.0 Å². The summed E-state index contributed by atoms with van der Waals surface area (Å²) in [5.74, 6) is 0. The highest BCUT2D eigenvalue weighted by atomic mass is 32.2. The summed E-state index contributed by atoms with van der Waals surface area (Å²) in [5.41, 5.74) is 0.811. The van der Waals surface area contributed by atoms with Gasteiger partial charge in [-0.3, -0.25) is 9.36 Å². The number of sulfonamides is 1. The van der Waals surface area contributed by atoms with Crippen LogP contribution in [0.25, 0.3) is 10.2 Å². The molecule has 2 aromatic rings. The van der Waals surface area contributed by atoms with Crippen molar-refractivity contribution in [1.29, 1.82) is 0 Å². The van der Waals surface area contributed by atoms with Crippen molar-refractivity contribution in [2.45, 2.75) is 38.6 Å². The van der Waals surface area contributed by atoms with Crippen molar-refractivity contribution in [2.24, 2.45) is 0 Å². The zero-order valence-corrected chi connectivity index (χ0v) is 14.1. The van der Waals surface area contributed by atoms with Gasteiger partial charge in [-0.1, -0.05) is 32.1 Å². The third kappa shape index (κ3) is 2.90. The van der Waals surface area contributed by atoms with Crippen molar-refractivity contribution in [1.82, 2.24) is 8.87 Å². The summed E-state index contributed by atoms with van der Waals surface area (Å²) in [7, 11) is -3.48. The van der Waals surface area contributed by atoms with Gasteiger partial charge in [0.25, 0.3) is 0 Å². The minimum atomic E-state index is -3.48. The third-order valence-corrected chi connectivity index (χ3v) is 6.42. The molecule has 0 aliphatic rings. The average Bonchev–Trinajstić information content (AvgIpc) is 2.76. The summed E-state index contributed by atoms with van der Waals surface area (Å²) in [5, 5.41) is 0. The molecule has 0 saturated heterocycles. The van der Waals surface area contributed by atoms with Gasteiger partial charge in [0, 0.05) is 19.6 Å². The Balaban J connectivity index is 2.57. The highest BCUT2D eigenvalue weighted by Crippen LogP contribution is 2.24. The smallest absolute Gasteiger partial charge is 0.299 e. The van der Waals surface area contributed by atoms with E-state index in [9.17, 15) is 13.2 Å². The quantitative estimate of drug-likeness (QED) is 0.818. The molecule has 0 bridgehead atoms. The molecule has 1 aromatic heterocycles. The molecule has 0 aliphatic heterocycles. The van der Waals surface area contributed by atoms with E-state index in [4.69, 9.17) is 0 Å². The van der Waals surface area contributed by atoms with Crippen molar-refractivity contribution in [2.75, 3.05) is 13.1 Å². The number of hydrogen-bond donors (Lipinski definition) is 0. The van der Waals surface area contributed by atoms with Gasteiger partial charge in [-0.15, -0.1) is 0 Å². The first-order chi connectivity index (χ1) is 9.95. The second-order valence-corrected chi connectivity index (χ2v) is 7.67. The fourth-order valence-electron chi connectivity index (χ4n) is 2.36. The van der Waals surface area contributed by atoms with Crippen LogP contribution in [-0.2, 0) is 16.6 Å². The Kier molecular flexibility index (Phi) is 4.85. The zero-order valence-electron chi connectivity index (χ0n) is 12.5. The molecule has 0 unspecified atom stereocenters. The van der Waals surface area contributed by atoms with Crippen molar-refractivity contribution >= 4 is 31.6 Å². The standard InChI is InChI=1S/C14H20N2O3S2/c1-4-9-16-12-8-7-11(10-13(12)20-14(16)17)21(18,19)15(5-2)6-3/h7-8,10H,4-6,9H2,1-3H3. The lowest BCUT2D eigenvalue weighted by atomic mass is 10.3. The molecule has 5 nitrogen and oxygen atoms in total. The number of hydrogen-bond acceptors (Lipinski definition) is 4. The Hall–Kier alpha value is -1.18. The summed E-state index contributed by atoms with van der Waals surface area (Å²) in [6.07, 6.45) is 0.866. The highest BCUT2D eigenvalue weighted by Gasteiger charge is 2.22. The van der Waals surface area contributed by atoms with E-state index in [0.29, 0.717) is 19.6 Å². The van der Waals surface area contributed by atoms with Crippen LogP contribution < -0.4 is 4.87 Å². The van der Waals surface area contributed by atoms with Crippen LogP contribution in [0.3, 0.4) is 0 Å². The van der Waals surface area contributed by atoms with Crippen LogP contribution in [0.2, 0.25) is 0 Å². The van der Waals surface area contributed by atoms with Crippen LogP contribution in [-0.4, -0.2) is 30.4 Å². The Labute approximate surface area is 128 Å². The van der Waals surface area contributed by atoms with Crippen LogP contribution in [0.4, 0.5) is 0 Å². The predicted octanol–water partition coefficient (Wildman–Crippen LogP) is 2.50. The second kappa shape index (κ2) is 6.29. The predicted molar refractivity (Wildman–Crippen MR) is 86.5 cm³/mol. The number of aryl methyl sites for hydroxylation is 1. The zero-order chi connectivity index (χ0) is 15.6. The van der Waals surface area contributed by atoms with Crippen molar-refractivity contribution in [3.8, 4) is 0 Å². The molecule has 0 fully saturated rings. The van der Waals surface area contributed by atoms with Crippen LogP contribution in [0.5, 0.6) is 0 Å². The van der Waals surface area contributed by atoms with Gasteiger partial charge in [-0.05, 0) is 24.6 Å². The molecule has 0 radical (unpaired) electrons. The van der Waals surface area contributed by atoms with Gasteiger partial charge in [-0.25, -0.2) is 8.42 Å². The monoisotopic (exact) mass is 328 g/mol. The molecule has 21 heavy (non-hydrogen) atoms. The minimum absolute atomic E-state index is 0.0377. The van der Waals surface area contributed by atoms with Gasteiger partial charge < -0.3 is 0 Å². The lowest BCUT2D eigenvalue weighted by molar-refractivity contribution is 0.445. The fraction of sp³-hybridized carbons (Fsp3) is 0.500. The Morgan fingerprint density at radius 3 is 2.43 bits per heavy atom. The molecule has 0 atom stereocenters. The van der Waals surface area contributed by atoms with E-state index >= 15 is 0 Å². The van der Waals surface area contributed by atoms with Crippen LogP contribution in [0.1, 0.15) is 27.2 Å². The SMILES string of the molecule is CCCn1c(=O)sc2cc(S(=O)(=O)N(CC)CC)ccc21. The normalized spacial score (nSPS) is 12.4. The molecule has 116 valence electrons. The number of nitrogens with zero attached hydrogens (tertiary/aromatic N) is 2. The summed E-state index contributed by atoms with van der Waals surface area (Å²) < 4.78 is 28.8. The summed E-state index contributed by atoms with van der Waals surface area (Å²) >= 11 is 1.10. The largest absolute Gasteiger partial charge is 0.308 e. The van der Waals surface area contributed by atoms with E-state index in [-0.39, 0.29) is 9.77 Å². The van der Waals surface area contributed by atoms with Crippen LogP contribution in [0, 0.1) is 0 Å². The maximum atomic E-state index is 12.5.